The van der Waals surface area contributed by atoms with Crippen molar-refractivity contribution in [3.63, 3.8) is 0 Å². The first-order valence-corrected chi connectivity index (χ1v) is 6.80. The van der Waals surface area contributed by atoms with E-state index in [1.54, 1.807) is 11.8 Å². The molecule has 90 valence electrons. The first-order chi connectivity index (χ1) is 7.67. The van der Waals surface area contributed by atoms with Gasteiger partial charge in [-0.05, 0) is 24.8 Å². The molecule has 0 amide bonds. The van der Waals surface area contributed by atoms with Gasteiger partial charge in [-0.25, -0.2) is 0 Å². The first-order valence-electron chi connectivity index (χ1n) is 5.03. The average Bonchev–Trinajstić information content (AvgIpc) is 2.25. The molecule has 1 aromatic rings. The molecular weight excluding hydrogens is 246 g/mol. The zero-order chi connectivity index (χ0) is 12.0. The van der Waals surface area contributed by atoms with Crippen molar-refractivity contribution in [1.29, 1.82) is 0 Å². The quantitative estimate of drug-likeness (QED) is 0.842. The molecule has 0 atom stereocenters. The van der Waals surface area contributed by atoms with E-state index in [2.05, 4.69) is 26.5 Å². The number of hydrogen-bond donors (Lipinski definition) is 1. The topological polar surface area (TPSA) is 53.9 Å². The molecular formula is C9H16ClN5S. The monoisotopic (exact) mass is 261 g/mol. The Bertz CT molecular complexity index is 336. The fraction of sp³-hybridized carbons (Fsp3) is 0.667. The second-order valence-corrected chi connectivity index (χ2v) is 4.50. The molecule has 7 heteroatoms. The summed E-state index contributed by atoms with van der Waals surface area (Å²) in [5.41, 5.74) is 0. The van der Waals surface area contributed by atoms with Gasteiger partial charge in [0.25, 0.3) is 0 Å². The zero-order valence-corrected chi connectivity index (χ0v) is 11.3. The molecule has 0 aliphatic heterocycles. The Morgan fingerprint density at radius 2 is 2.12 bits per heavy atom. The Hall–Kier alpha value is -0.750. The number of halogens is 1. The van der Waals surface area contributed by atoms with Crippen molar-refractivity contribution in [1.82, 2.24) is 15.0 Å². The Morgan fingerprint density at radius 3 is 2.75 bits per heavy atom. The van der Waals surface area contributed by atoms with Gasteiger partial charge in [0.1, 0.15) is 0 Å². The highest BCUT2D eigenvalue weighted by Gasteiger charge is 2.08. The minimum absolute atomic E-state index is 0.219. The molecule has 1 rings (SSSR count). The highest BCUT2D eigenvalue weighted by atomic mass is 35.5. The van der Waals surface area contributed by atoms with Gasteiger partial charge in [0.2, 0.25) is 17.2 Å². The van der Waals surface area contributed by atoms with Crippen LogP contribution in [0.2, 0.25) is 5.28 Å². The van der Waals surface area contributed by atoms with E-state index in [1.807, 2.05) is 18.9 Å². The lowest BCUT2D eigenvalue weighted by Gasteiger charge is -2.16. The molecule has 1 aromatic heterocycles. The number of aromatic nitrogens is 3. The van der Waals surface area contributed by atoms with Crippen LogP contribution in [0.4, 0.5) is 11.9 Å². The van der Waals surface area contributed by atoms with Gasteiger partial charge in [0, 0.05) is 25.9 Å². The Balaban J connectivity index is 2.78. The summed E-state index contributed by atoms with van der Waals surface area (Å²) in [6.45, 7) is 3.62. The molecule has 0 radical (unpaired) electrons. The number of rotatable bonds is 6. The van der Waals surface area contributed by atoms with Crippen molar-refractivity contribution < 1.29 is 0 Å². The first kappa shape index (κ1) is 13.3. The third kappa shape index (κ3) is 4.02. The number of nitrogens with one attached hydrogen (secondary N) is 1. The Kier molecular flexibility index (Phi) is 5.62. The lowest BCUT2D eigenvalue weighted by atomic mass is 10.6. The second kappa shape index (κ2) is 6.75. The summed E-state index contributed by atoms with van der Waals surface area (Å²) in [7, 11) is 1.94. The van der Waals surface area contributed by atoms with Crippen LogP contribution in [0, 0.1) is 0 Å². The molecule has 0 fully saturated rings. The van der Waals surface area contributed by atoms with E-state index < -0.39 is 0 Å². The summed E-state index contributed by atoms with van der Waals surface area (Å²) in [5.74, 6) is 2.15. The number of nitrogens with zero attached hydrogens (tertiary/aromatic N) is 4. The van der Waals surface area contributed by atoms with Crippen molar-refractivity contribution in [3.8, 4) is 0 Å². The standard InChI is InChI=1S/C9H16ClN5S/c1-4-11-8-12-7(10)13-9(14-8)15(2)5-6-16-3/h4-6H2,1-3H3,(H,11,12,13,14). The Morgan fingerprint density at radius 1 is 1.38 bits per heavy atom. The van der Waals surface area contributed by atoms with Crippen LogP contribution in [0.15, 0.2) is 0 Å². The van der Waals surface area contributed by atoms with Gasteiger partial charge < -0.3 is 10.2 Å². The van der Waals surface area contributed by atoms with Crippen LogP contribution in [0.3, 0.4) is 0 Å². The van der Waals surface area contributed by atoms with E-state index in [0.29, 0.717) is 11.9 Å². The lowest BCUT2D eigenvalue weighted by Crippen LogP contribution is -2.23. The summed E-state index contributed by atoms with van der Waals surface area (Å²) in [4.78, 5) is 14.3. The summed E-state index contributed by atoms with van der Waals surface area (Å²) in [6.07, 6.45) is 2.07. The summed E-state index contributed by atoms with van der Waals surface area (Å²) < 4.78 is 0. The van der Waals surface area contributed by atoms with Crippen LogP contribution in [0.25, 0.3) is 0 Å². The predicted octanol–water partition coefficient (Wildman–Crippen LogP) is 1.76. The summed E-state index contributed by atoms with van der Waals surface area (Å²) >= 11 is 7.61. The fourth-order valence-electron chi connectivity index (χ4n) is 1.08. The number of hydrogen-bond acceptors (Lipinski definition) is 6. The van der Waals surface area contributed by atoms with Gasteiger partial charge >= 0.3 is 0 Å². The second-order valence-electron chi connectivity index (χ2n) is 3.17. The van der Waals surface area contributed by atoms with Gasteiger partial charge in [-0.3, -0.25) is 0 Å². The van der Waals surface area contributed by atoms with E-state index >= 15 is 0 Å². The lowest BCUT2D eigenvalue weighted by molar-refractivity contribution is 0.886. The molecule has 0 aliphatic rings. The van der Waals surface area contributed by atoms with Crippen molar-refractivity contribution in [2.24, 2.45) is 0 Å². The highest BCUT2D eigenvalue weighted by Crippen LogP contribution is 2.12. The van der Waals surface area contributed by atoms with Crippen LogP contribution in [0.5, 0.6) is 0 Å². The smallest absolute Gasteiger partial charge is 0.231 e. The molecule has 0 bridgehead atoms. The van der Waals surface area contributed by atoms with Crippen molar-refractivity contribution in [2.45, 2.75) is 6.92 Å². The molecule has 16 heavy (non-hydrogen) atoms. The van der Waals surface area contributed by atoms with Crippen LogP contribution in [0.1, 0.15) is 6.92 Å². The number of thioether (sulfide) groups is 1. The van der Waals surface area contributed by atoms with Gasteiger partial charge in [0.15, 0.2) is 0 Å². The predicted molar refractivity (Wildman–Crippen MR) is 70.7 cm³/mol. The minimum Gasteiger partial charge on any atom is -0.354 e. The van der Waals surface area contributed by atoms with Crippen LogP contribution >= 0.6 is 23.4 Å². The van der Waals surface area contributed by atoms with E-state index in [1.165, 1.54) is 0 Å². The van der Waals surface area contributed by atoms with Crippen LogP contribution in [-0.4, -0.2) is 47.1 Å². The van der Waals surface area contributed by atoms with E-state index in [-0.39, 0.29) is 5.28 Å². The third-order valence-corrected chi connectivity index (χ3v) is 2.66. The minimum atomic E-state index is 0.219. The summed E-state index contributed by atoms with van der Waals surface area (Å²) in [6, 6.07) is 0. The van der Waals surface area contributed by atoms with E-state index in [4.69, 9.17) is 11.6 Å². The normalized spacial score (nSPS) is 10.2. The largest absolute Gasteiger partial charge is 0.354 e. The molecule has 1 N–H and O–H groups in total. The van der Waals surface area contributed by atoms with E-state index in [9.17, 15) is 0 Å². The van der Waals surface area contributed by atoms with Gasteiger partial charge in [0.05, 0.1) is 0 Å². The maximum absolute atomic E-state index is 5.83. The molecule has 0 aromatic carbocycles. The van der Waals surface area contributed by atoms with Gasteiger partial charge in [-0.1, -0.05) is 0 Å². The third-order valence-electron chi connectivity index (χ3n) is 1.90. The van der Waals surface area contributed by atoms with Gasteiger partial charge in [-0.2, -0.15) is 26.7 Å². The number of anilines is 2. The molecule has 0 spiro atoms. The maximum atomic E-state index is 5.83. The Labute approximate surface area is 105 Å². The van der Waals surface area contributed by atoms with Crippen molar-refractivity contribution in [3.05, 3.63) is 5.28 Å². The van der Waals surface area contributed by atoms with E-state index in [0.717, 1.165) is 18.8 Å². The van der Waals surface area contributed by atoms with Crippen molar-refractivity contribution in [2.75, 3.05) is 42.4 Å². The maximum Gasteiger partial charge on any atom is 0.231 e. The molecule has 0 aliphatic carbocycles. The molecule has 1 heterocycles. The summed E-state index contributed by atoms with van der Waals surface area (Å²) in [5, 5.41) is 3.24. The molecule has 5 nitrogen and oxygen atoms in total. The SMILES string of the molecule is CCNc1nc(Cl)nc(N(C)CCSC)n1. The molecule has 0 saturated heterocycles. The fourth-order valence-corrected chi connectivity index (χ4v) is 1.69. The van der Waals surface area contributed by atoms with Crippen molar-refractivity contribution >= 4 is 35.3 Å². The highest BCUT2D eigenvalue weighted by molar-refractivity contribution is 7.98. The van der Waals surface area contributed by atoms with Crippen LogP contribution < -0.4 is 10.2 Å². The molecule has 0 unspecified atom stereocenters. The average molecular weight is 262 g/mol. The molecule has 0 saturated carbocycles. The van der Waals surface area contributed by atoms with Crippen LogP contribution in [-0.2, 0) is 0 Å². The van der Waals surface area contributed by atoms with Gasteiger partial charge in [-0.15, -0.1) is 0 Å². The zero-order valence-electron chi connectivity index (χ0n) is 9.70.